The first-order valence-corrected chi connectivity index (χ1v) is 10.8. The molecule has 4 nitrogen and oxygen atoms in total. The van der Waals surface area contributed by atoms with Crippen molar-refractivity contribution >= 4 is 38.2 Å². The van der Waals surface area contributed by atoms with E-state index >= 15 is 0 Å². The van der Waals surface area contributed by atoms with E-state index in [1.165, 1.54) is 16.3 Å². The van der Waals surface area contributed by atoms with Crippen LogP contribution in [0.25, 0.3) is 21.0 Å². The number of nitrogens with zero attached hydrogens (tertiary/aromatic N) is 2. The number of likely N-dealkylation sites (N-methyl/N-ethyl adjacent to an activating group) is 1. The second kappa shape index (κ2) is 8.31. The molecule has 4 aromatic rings. The van der Waals surface area contributed by atoms with Crippen molar-refractivity contribution in [1.82, 2.24) is 9.88 Å². The second-order valence-corrected chi connectivity index (χ2v) is 8.56. The molecule has 1 amide bonds. The predicted octanol–water partition coefficient (Wildman–Crippen LogP) is 4.29. The molecule has 0 bridgehead atoms. The Morgan fingerprint density at radius 1 is 1.03 bits per heavy atom. The summed E-state index contributed by atoms with van der Waals surface area (Å²) in [5.74, 6) is 0.115. The van der Waals surface area contributed by atoms with Gasteiger partial charge in [-0.3, -0.25) is 4.79 Å². The van der Waals surface area contributed by atoms with E-state index in [0.717, 1.165) is 15.2 Å². The highest BCUT2D eigenvalue weighted by Crippen LogP contribution is 2.28. The number of rotatable bonds is 6. The minimum absolute atomic E-state index is 0.0406. The van der Waals surface area contributed by atoms with Crippen molar-refractivity contribution in [3.63, 3.8) is 0 Å². The number of quaternary nitrogens is 1. The zero-order valence-electron chi connectivity index (χ0n) is 17.0. The van der Waals surface area contributed by atoms with Crippen LogP contribution in [0.2, 0.25) is 0 Å². The zero-order valence-corrected chi connectivity index (χ0v) is 17.8. The number of fused-ring (bicyclic) bond motifs is 2. The van der Waals surface area contributed by atoms with Crippen LogP contribution in [0.3, 0.4) is 0 Å². The van der Waals surface area contributed by atoms with Gasteiger partial charge in [-0.1, -0.05) is 54.6 Å². The van der Waals surface area contributed by atoms with Crippen LogP contribution >= 0.6 is 11.3 Å². The molecule has 29 heavy (non-hydrogen) atoms. The maximum Gasteiger partial charge on any atom is 0.278 e. The molecule has 0 fully saturated rings. The normalized spacial score (nSPS) is 13.5. The average molecular weight is 405 g/mol. The first kappa shape index (κ1) is 19.6. The van der Waals surface area contributed by atoms with Gasteiger partial charge in [-0.05, 0) is 36.8 Å². The number of benzene rings is 3. The number of carbonyl (C=O) groups is 1. The van der Waals surface area contributed by atoms with Crippen molar-refractivity contribution in [2.45, 2.75) is 25.9 Å². The number of hydrogen-bond donors (Lipinski definition) is 1. The van der Waals surface area contributed by atoms with Crippen LogP contribution in [0.15, 0.2) is 66.7 Å². The van der Waals surface area contributed by atoms with Gasteiger partial charge >= 0.3 is 0 Å². The quantitative estimate of drug-likeness (QED) is 0.521. The maximum atomic E-state index is 12.8. The highest BCUT2D eigenvalue weighted by Gasteiger charge is 2.23. The predicted molar refractivity (Wildman–Crippen MR) is 120 cm³/mol. The van der Waals surface area contributed by atoms with Gasteiger partial charge in [-0.15, -0.1) is 11.3 Å². The lowest BCUT2D eigenvalue weighted by atomic mass is 10.00. The fraction of sp³-hybridized carbons (Fsp3) is 0.250. The summed E-state index contributed by atoms with van der Waals surface area (Å²) in [6, 6.07) is 23.0. The topological polar surface area (TPSA) is 49.8 Å². The molecule has 0 aliphatic carbocycles. The number of hydrogen-bond acceptors (Lipinski definition) is 3. The van der Waals surface area contributed by atoms with E-state index in [9.17, 15) is 4.79 Å². The lowest BCUT2D eigenvalue weighted by molar-refractivity contribution is -0.682. The van der Waals surface area contributed by atoms with Gasteiger partial charge < -0.3 is 10.2 Å². The lowest BCUT2D eigenvalue weighted by Gasteiger charge is -2.23. The Hall–Kier alpha value is -2.76. The summed E-state index contributed by atoms with van der Waals surface area (Å²) >= 11 is 1.66. The molecule has 0 spiro atoms. The van der Waals surface area contributed by atoms with E-state index in [-0.39, 0.29) is 18.0 Å². The number of nitrogens with two attached hydrogens (primary N) is 1. The molecule has 148 valence electrons. The van der Waals surface area contributed by atoms with E-state index in [1.807, 2.05) is 37.1 Å². The molecule has 2 N–H and O–H groups in total. The summed E-state index contributed by atoms with van der Waals surface area (Å²) in [7, 11) is 1.87. The fourth-order valence-corrected chi connectivity index (χ4v) is 4.71. The smallest absolute Gasteiger partial charge is 0.278 e. The third-order valence-corrected chi connectivity index (χ3v) is 6.81. The molecule has 2 atom stereocenters. The molecule has 0 unspecified atom stereocenters. The second-order valence-electron chi connectivity index (χ2n) is 7.50. The molecule has 1 aromatic heterocycles. The summed E-state index contributed by atoms with van der Waals surface area (Å²) in [5, 5.41) is 5.58. The molecule has 4 rings (SSSR count). The highest BCUT2D eigenvalue weighted by molar-refractivity contribution is 7.18. The van der Waals surface area contributed by atoms with Gasteiger partial charge in [0, 0.05) is 12.6 Å². The van der Waals surface area contributed by atoms with Crippen molar-refractivity contribution in [2.24, 2.45) is 0 Å². The van der Waals surface area contributed by atoms with E-state index < -0.39 is 0 Å². The van der Waals surface area contributed by atoms with Crippen LogP contribution in [0.1, 0.15) is 36.5 Å². The highest BCUT2D eigenvalue weighted by atomic mass is 32.1. The third-order valence-electron chi connectivity index (χ3n) is 5.60. The summed E-state index contributed by atoms with van der Waals surface area (Å²) in [5.41, 5.74) is 2.26. The number of para-hydroxylation sites is 1. The van der Waals surface area contributed by atoms with Gasteiger partial charge in [0.2, 0.25) is 0 Å². The largest absolute Gasteiger partial charge is 0.332 e. The first-order valence-electron chi connectivity index (χ1n) is 9.96. The fourth-order valence-electron chi connectivity index (χ4n) is 3.65. The van der Waals surface area contributed by atoms with E-state index in [2.05, 4.69) is 60.8 Å². The Kier molecular flexibility index (Phi) is 5.60. The van der Waals surface area contributed by atoms with Crippen LogP contribution in [0.5, 0.6) is 0 Å². The third kappa shape index (κ3) is 4.02. The number of amides is 1. The Morgan fingerprint density at radius 3 is 2.59 bits per heavy atom. The van der Waals surface area contributed by atoms with Gasteiger partial charge in [0.1, 0.15) is 11.0 Å². The van der Waals surface area contributed by atoms with Crippen molar-refractivity contribution in [3.8, 4) is 0 Å². The average Bonchev–Trinajstić information content (AvgIpc) is 3.20. The minimum Gasteiger partial charge on any atom is -0.332 e. The summed E-state index contributed by atoms with van der Waals surface area (Å²) in [4.78, 5) is 19.4. The van der Waals surface area contributed by atoms with Crippen LogP contribution in [0.4, 0.5) is 0 Å². The SMILES string of the molecule is C[C@H]([NH2+]CC(=O)N(C)[C@@H](C)c1nc2ccccc2s1)c1cccc2ccccc12. The summed E-state index contributed by atoms with van der Waals surface area (Å²) < 4.78 is 1.16. The lowest BCUT2D eigenvalue weighted by Crippen LogP contribution is -2.87. The molecular weight excluding hydrogens is 378 g/mol. The summed E-state index contributed by atoms with van der Waals surface area (Å²) in [6.07, 6.45) is 0. The van der Waals surface area contributed by atoms with E-state index in [0.29, 0.717) is 6.54 Å². The monoisotopic (exact) mass is 404 g/mol. The van der Waals surface area contributed by atoms with Crippen molar-refractivity contribution in [2.75, 3.05) is 13.6 Å². The maximum absolute atomic E-state index is 12.8. The van der Waals surface area contributed by atoms with Crippen molar-refractivity contribution in [3.05, 3.63) is 77.3 Å². The van der Waals surface area contributed by atoms with E-state index in [4.69, 9.17) is 4.98 Å². The molecule has 0 saturated heterocycles. The zero-order chi connectivity index (χ0) is 20.4. The molecule has 0 saturated carbocycles. The van der Waals surface area contributed by atoms with Gasteiger partial charge in [0.25, 0.3) is 5.91 Å². The van der Waals surface area contributed by atoms with Crippen molar-refractivity contribution < 1.29 is 10.1 Å². The molecule has 0 aliphatic heterocycles. The molecule has 3 aromatic carbocycles. The number of aromatic nitrogens is 1. The van der Waals surface area contributed by atoms with E-state index in [1.54, 1.807) is 11.3 Å². The van der Waals surface area contributed by atoms with Crippen LogP contribution in [0, 0.1) is 0 Å². The molecule has 1 heterocycles. The first-order chi connectivity index (χ1) is 14.0. The summed E-state index contributed by atoms with van der Waals surface area (Å²) in [6.45, 7) is 4.62. The molecular formula is C24H26N3OS+. The van der Waals surface area contributed by atoms with Crippen LogP contribution in [-0.2, 0) is 4.79 Å². The Bertz CT molecular complexity index is 1110. The standard InChI is InChI=1S/C24H25N3OS/c1-16(19-12-8-10-18-9-4-5-11-20(18)19)25-15-23(28)27(3)17(2)24-26-21-13-6-7-14-22(21)29-24/h4-14,16-17,25H,15H2,1-3H3/p+1/t16-,17-/m0/s1. The Balaban J connectivity index is 1.43. The molecule has 5 heteroatoms. The minimum atomic E-state index is -0.0406. The molecule has 0 radical (unpaired) electrons. The number of carbonyl (C=O) groups excluding carboxylic acids is 1. The van der Waals surface area contributed by atoms with Crippen molar-refractivity contribution in [1.29, 1.82) is 0 Å². The van der Waals surface area contributed by atoms with Crippen LogP contribution < -0.4 is 5.32 Å². The van der Waals surface area contributed by atoms with Gasteiger partial charge in [0.15, 0.2) is 6.54 Å². The van der Waals surface area contributed by atoms with Gasteiger partial charge in [0.05, 0.1) is 16.3 Å². The van der Waals surface area contributed by atoms with Gasteiger partial charge in [-0.25, -0.2) is 4.98 Å². The van der Waals surface area contributed by atoms with Crippen LogP contribution in [-0.4, -0.2) is 29.4 Å². The molecule has 0 aliphatic rings. The van der Waals surface area contributed by atoms with Gasteiger partial charge in [-0.2, -0.15) is 0 Å². The Labute approximate surface area is 175 Å². The number of thiazole rings is 1. The Morgan fingerprint density at radius 2 is 1.76 bits per heavy atom.